The largest absolute Gasteiger partial charge is 0.473 e. The molecule has 1 saturated carbocycles. The first-order valence-electron chi connectivity index (χ1n) is 11.4. The number of nitrogens with zero attached hydrogens (tertiary/aromatic N) is 4. The minimum atomic E-state index is -4.43. The van der Waals surface area contributed by atoms with Crippen molar-refractivity contribution in [3.8, 4) is 28.8 Å². The van der Waals surface area contributed by atoms with Crippen molar-refractivity contribution in [3.05, 3.63) is 66.5 Å². The summed E-state index contributed by atoms with van der Waals surface area (Å²) in [6.07, 6.45) is 0.414. The van der Waals surface area contributed by atoms with Gasteiger partial charge in [-0.1, -0.05) is 24.1 Å². The monoisotopic (exact) mass is 489 g/mol. The van der Waals surface area contributed by atoms with Gasteiger partial charge in [-0.05, 0) is 61.2 Å². The van der Waals surface area contributed by atoms with Crippen LogP contribution in [-0.4, -0.2) is 33.8 Å². The van der Waals surface area contributed by atoms with Gasteiger partial charge in [0, 0.05) is 5.69 Å². The van der Waals surface area contributed by atoms with E-state index in [1.54, 1.807) is 37.3 Å². The molecule has 0 amide bonds. The first-order chi connectivity index (χ1) is 17.3. The van der Waals surface area contributed by atoms with Crippen LogP contribution in [0, 0.1) is 11.8 Å². The Morgan fingerprint density at radius 1 is 0.972 bits per heavy atom. The number of nitrogens with two attached hydrogens (primary N) is 1. The Morgan fingerprint density at radius 3 is 2.42 bits per heavy atom. The Hall–Kier alpha value is -4.32. The Labute approximate surface area is 206 Å². The standard InChI is InChI=1S/C27H22F3N5O/c1-2-3-19-12-21(14-33-26(19)36-22-9-10-22)35(16-27(28,29)30)20-7-4-17(5-8-20)18-6-11-23-24(13-18)32-15-25(31)34-23/h4-8,11-15,22H,9-10,16H2,1H3,(H2,31,34). The summed E-state index contributed by atoms with van der Waals surface area (Å²) in [4.78, 5) is 14.0. The molecule has 0 unspecified atom stereocenters. The van der Waals surface area contributed by atoms with E-state index in [1.807, 2.05) is 18.2 Å². The molecule has 0 atom stereocenters. The van der Waals surface area contributed by atoms with E-state index in [-0.39, 0.29) is 11.8 Å². The number of halogens is 3. The lowest BCUT2D eigenvalue weighted by atomic mass is 10.0. The lowest BCUT2D eigenvalue weighted by molar-refractivity contribution is -0.118. The maximum absolute atomic E-state index is 13.6. The molecule has 182 valence electrons. The number of benzene rings is 2. The Bertz CT molecular complexity index is 1470. The lowest BCUT2D eigenvalue weighted by Gasteiger charge is -2.26. The van der Waals surface area contributed by atoms with Crippen molar-refractivity contribution in [1.82, 2.24) is 15.0 Å². The van der Waals surface area contributed by atoms with Gasteiger partial charge < -0.3 is 15.4 Å². The second-order valence-electron chi connectivity index (χ2n) is 8.48. The molecule has 1 fully saturated rings. The Balaban J connectivity index is 1.48. The smallest absolute Gasteiger partial charge is 0.406 e. The highest BCUT2D eigenvalue weighted by atomic mass is 19.4. The number of anilines is 3. The fraction of sp³-hybridized carbons (Fsp3) is 0.222. The first-order valence-corrected chi connectivity index (χ1v) is 11.4. The number of pyridine rings is 1. The molecule has 4 aromatic rings. The molecule has 2 aromatic carbocycles. The van der Waals surface area contributed by atoms with E-state index in [9.17, 15) is 13.2 Å². The van der Waals surface area contributed by atoms with Crippen LogP contribution in [0.25, 0.3) is 22.2 Å². The molecule has 0 radical (unpaired) electrons. The van der Waals surface area contributed by atoms with Gasteiger partial charge in [0.25, 0.3) is 0 Å². The molecular weight excluding hydrogens is 467 g/mol. The molecule has 1 aliphatic carbocycles. The summed E-state index contributed by atoms with van der Waals surface area (Å²) in [7, 11) is 0. The number of alkyl halides is 3. The average Bonchev–Trinajstić information content (AvgIpc) is 3.67. The fourth-order valence-corrected chi connectivity index (χ4v) is 3.80. The topological polar surface area (TPSA) is 77.2 Å². The summed E-state index contributed by atoms with van der Waals surface area (Å²) in [6.45, 7) is 0.482. The maximum atomic E-state index is 13.6. The van der Waals surface area contributed by atoms with Crippen LogP contribution in [0.3, 0.4) is 0 Å². The molecule has 1 aliphatic rings. The van der Waals surface area contributed by atoms with E-state index in [0.717, 1.165) is 24.0 Å². The summed E-state index contributed by atoms with van der Waals surface area (Å²) in [5, 5.41) is 0. The first kappa shape index (κ1) is 23.4. The normalized spacial score (nSPS) is 13.2. The van der Waals surface area contributed by atoms with Crippen LogP contribution < -0.4 is 15.4 Å². The highest BCUT2D eigenvalue weighted by molar-refractivity contribution is 5.82. The summed E-state index contributed by atoms with van der Waals surface area (Å²) >= 11 is 0. The number of rotatable bonds is 6. The van der Waals surface area contributed by atoms with E-state index in [4.69, 9.17) is 10.5 Å². The quantitative estimate of drug-likeness (QED) is 0.341. The van der Waals surface area contributed by atoms with Crippen LogP contribution in [-0.2, 0) is 0 Å². The SMILES string of the molecule is CC#Cc1cc(N(CC(F)(F)F)c2ccc(-c3ccc4nc(N)cnc4c3)cc2)cnc1OC1CC1. The molecule has 2 N–H and O–H groups in total. The van der Waals surface area contributed by atoms with Crippen LogP contribution in [0.5, 0.6) is 5.88 Å². The zero-order chi connectivity index (χ0) is 25.3. The zero-order valence-corrected chi connectivity index (χ0v) is 19.4. The maximum Gasteiger partial charge on any atom is 0.406 e. The molecule has 6 nitrogen and oxygen atoms in total. The van der Waals surface area contributed by atoms with Gasteiger partial charge in [-0.3, -0.25) is 4.98 Å². The Morgan fingerprint density at radius 2 is 1.72 bits per heavy atom. The molecule has 36 heavy (non-hydrogen) atoms. The number of hydrogen-bond acceptors (Lipinski definition) is 6. The van der Waals surface area contributed by atoms with Gasteiger partial charge in [-0.25, -0.2) is 9.97 Å². The van der Waals surface area contributed by atoms with Gasteiger partial charge in [0.1, 0.15) is 18.5 Å². The summed E-state index contributed by atoms with van der Waals surface area (Å²) < 4.78 is 46.5. The minimum absolute atomic E-state index is 0.0954. The predicted octanol–water partition coefficient (Wildman–Crippen LogP) is 5.89. The van der Waals surface area contributed by atoms with Gasteiger partial charge in [0.05, 0.1) is 34.7 Å². The molecule has 9 heteroatoms. The molecule has 0 saturated heterocycles. The molecule has 2 heterocycles. The minimum Gasteiger partial charge on any atom is -0.473 e. The van der Waals surface area contributed by atoms with Crippen molar-refractivity contribution in [2.75, 3.05) is 17.2 Å². The van der Waals surface area contributed by atoms with Crippen molar-refractivity contribution < 1.29 is 17.9 Å². The van der Waals surface area contributed by atoms with Gasteiger partial charge in [-0.15, -0.1) is 5.92 Å². The van der Waals surface area contributed by atoms with E-state index in [1.165, 1.54) is 17.3 Å². The highest BCUT2D eigenvalue weighted by Crippen LogP contribution is 2.35. The molecule has 0 spiro atoms. The predicted molar refractivity (Wildman–Crippen MR) is 133 cm³/mol. The molecular formula is C27H22F3N5O. The van der Waals surface area contributed by atoms with E-state index < -0.39 is 12.7 Å². The van der Waals surface area contributed by atoms with Crippen LogP contribution in [0.4, 0.5) is 30.4 Å². The van der Waals surface area contributed by atoms with Crippen LogP contribution >= 0.6 is 0 Å². The number of ether oxygens (including phenoxy) is 1. The Kier molecular flexibility index (Phi) is 6.10. The third-order valence-corrected chi connectivity index (χ3v) is 5.62. The van der Waals surface area contributed by atoms with Crippen molar-refractivity contribution in [1.29, 1.82) is 0 Å². The van der Waals surface area contributed by atoms with Gasteiger partial charge in [0.15, 0.2) is 0 Å². The van der Waals surface area contributed by atoms with Gasteiger partial charge in [-0.2, -0.15) is 13.2 Å². The third-order valence-electron chi connectivity index (χ3n) is 5.62. The van der Waals surface area contributed by atoms with Crippen molar-refractivity contribution in [3.63, 3.8) is 0 Å². The summed E-state index contributed by atoms with van der Waals surface area (Å²) in [6, 6.07) is 14.0. The zero-order valence-electron chi connectivity index (χ0n) is 19.4. The molecule has 5 rings (SSSR count). The van der Waals surface area contributed by atoms with Crippen LogP contribution in [0.1, 0.15) is 25.3 Å². The van der Waals surface area contributed by atoms with Crippen LogP contribution in [0.2, 0.25) is 0 Å². The number of hydrogen-bond donors (Lipinski definition) is 1. The lowest BCUT2D eigenvalue weighted by Crippen LogP contribution is -2.30. The number of fused-ring (bicyclic) bond motifs is 1. The number of nitrogen functional groups attached to an aromatic ring is 1. The van der Waals surface area contributed by atoms with Crippen molar-refractivity contribution in [2.45, 2.75) is 32.0 Å². The second kappa shape index (κ2) is 9.38. The van der Waals surface area contributed by atoms with Crippen molar-refractivity contribution in [2.24, 2.45) is 0 Å². The summed E-state index contributed by atoms with van der Waals surface area (Å²) in [5.41, 5.74) is 9.83. The molecule has 0 bridgehead atoms. The highest BCUT2D eigenvalue weighted by Gasteiger charge is 2.32. The van der Waals surface area contributed by atoms with E-state index in [0.29, 0.717) is 34.0 Å². The van der Waals surface area contributed by atoms with Crippen molar-refractivity contribution >= 4 is 28.2 Å². The van der Waals surface area contributed by atoms with E-state index >= 15 is 0 Å². The molecule has 2 aromatic heterocycles. The summed E-state index contributed by atoms with van der Waals surface area (Å²) in [5.74, 6) is 6.37. The van der Waals surface area contributed by atoms with E-state index in [2.05, 4.69) is 26.8 Å². The van der Waals surface area contributed by atoms with Crippen LogP contribution in [0.15, 0.2) is 60.9 Å². The molecule has 0 aliphatic heterocycles. The van der Waals surface area contributed by atoms with Gasteiger partial charge in [0.2, 0.25) is 5.88 Å². The average molecular weight is 490 g/mol. The third kappa shape index (κ3) is 5.33. The van der Waals surface area contributed by atoms with Gasteiger partial charge >= 0.3 is 6.18 Å². The second-order valence-corrected chi connectivity index (χ2v) is 8.48. The number of aromatic nitrogens is 3. The fourth-order valence-electron chi connectivity index (χ4n) is 3.80.